The number of aromatic carboxylic acids is 1. The molecule has 1 aliphatic rings. The molecule has 0 unspecified atom stereocenters. The first-order chi connectivity index (χ1) is 8.08. The van der Waals surface area contributed by atoms with Crippen molar-refractivity contribution >= 4 is 33.1 Å². The first kappa shape index (κ1) is 12.2. The zero-order valence-electron chi connectivity index (χ0n) is 9.14. The fraction of sp³-hybridized carbons (Fsp3) is 0.333. The Bertz CT molecular complexity index is 469. The molecule has 0 bridgehead atoms. The predicted octanol–water partition coefficient (Wildman–Crippen LogP) is 1.52. The summed E-state index contributed by atoms with van der Waals surface area (Å²) in [5.74, 6) is -0.318. The molecule has 0 aromatic heterocycles. The van der Waals surface area contributed by atoms with E-state index in [0.29, 0.717) is 17.2 Å². The van der Waals surface area contributed by atoms with Crippen molar-refractivity contribution in [3.8, 4) is 0 Å². The number of carboxylic acids is 1. The number of carboxylic acid groups (broad SMARTS) is 1. The van der Waals surface area contributed by atoms with Gasteiger partial charge in [-0.2, -0.15) is 0 Å². The number of rotatable bonds is 5. The number of carbonyl (C=O) groups is 2. The summed E-state index contributed by atoms with van der Waals surface area (Å²) < 4.78 is -0.118. The zero-order valence-corrected chi connectivity index (χ0v) is 11.0. The van der Waals surface area contributed by atoms with Gasteiger partial charge in [0.1, 0.15) is 0 Å². The normalized spacial score (nSPS) is 14.4. The summed E-state index contributed by atoms with van der Waals surface area (Å²) >= 11 is 1.95. The van der Waals surface area contributed by atoms with Crippen LogP contribution in [0.3, 0.4) is 0 Å². The Morgan fingerprint density at radius 1 is 1.41 bits per heavy atom. The van der Waals surface area contributed by atoms with Gasteiger partial charge in [-0.25, -0.2) is 0 Å². The van der Waals surface area contributed by atoms with Crippen LogP contribution in [0.1, 0.15) is 33.6 Å². The van der Waals surface area contributed by atoms with Crippen molar-refractivity contribution in [2.45, 2.75) is 12.8 Å². The van der Waals surface area contributed by atoms with E-state index >= 15 is 0 Å². The predicted molar refractivity (Wildman–Crippen MR) is 64.7 cm³/mol. The summed E-state index contributed by atoms with van der Waals surface area (Å²) in [6, 6.07) is 4.52. The molecule has 88 valence electrons. The summed E-state index contributed by atoms with van der Waals surface area (Å²) in [6.07, 6.45) is 2.41. The van der Waals surface area contributed by atoms with Gasteiger partial charge >= 0.3 is 108 Å². The maximum atomic E-state index is 11.4. The molecule has 2 radical (unpaired) electrons. The van der Waals surface area contributed by atoms with Crippen molar-refractivity contribution in [1.82, 2.24) is 0 Å². The van der Waals surface area contributed by atoms with Crippen LogP contribution in [0.2, 0.25) is 0 Å². The van der Waals surface area contributed by atoms with Crippen LogP contribution in [-0.4, -0.2) is 39.0 Å². The molecule has 1 fully saturated rings. The fourth-order valence-corrected chi connectivity index (χ4v) is 2.00. The van der Waals surface area contributed by atoms with Crippen molar-refractivity contribution in [2.75, 3.05) is 11.9 Å². The van der Waals surface area contributed by atoms with Gasteiger partial charge in [-0.1, -0.05) is 0 Å². The molecule has 0 heterocycles. The minimum absolute atomic E-state index is 0.118. The van der Waals surface area contributed by atoms with Crippen LogP contribution in [0.15, 0.2) is 18.2 Å². The summed E-state index contributed by atoms with van der Waals surface area (Å²) in [5, 5.41) is 12.1. The Morgan fingerprint density at radius 2 is 2.12 bits per heavy atom. The number of benzene rings is 1. The van der Waals surface area contributed by atoms with Crippen LogP contribution in [0.4, 0.5) is 5.69 Å². The second kappa shape index (κ2) is 4.92. The molecule has 0 aliphatic heterocycles. The molecule has 2 rings (SSSR count). The molecular formula is C12H12AsNO3. The molecule has 5 heteroatoms. The van der Waals surface area contributed by atoms with E-state index in [1.54, 1.807) is 6.07 Å². The first-order valence-electron chi connectivity index (χ1n) is 5.42. The molecule has 0 spiro atoms. The Balaban J connectivity index is 2.24. The molecule has 0 saturated heterocycles. The van der Waals surface area contributed by atoms with Gasteiger partial charge in [0, 0.05) is 0 Å². The van der Waals surface area contributed by atoms with Crippen molar-refractivity contribution in [1.29, 1.82) is 0 Å². The van der Waals surface area contributed by atoms with E-state index in [0.717, 1.165) is 6.54 Å². The van der Waals surface area contributed by atoms with Gasteiger partial charge in [0.05, 0.1) is 0 Å². The van der Waals surface area contributed by atoms with Crippen molar-refractivity contribution in [3.63, 3.8) is 0 Å². The second-order valence-corrected chi connectivity index (χ2v) is 5.05. The first-order valence-corrected chi connectivity index (χ1v) is 6.36. The third-order valence-corrected chi connectivity index (χ3v) is 3.28. The molecule has 0 atom stereocenters. The quantitative estimate of drug-likeness (QED) is 0.808. The standard InChI is InChI=1S/C12H12AsNO3/c13-11(15)9-4-3-8(12(16)17)5-10(9)14-6-7-1-2-7/h3-5,7,14H,1-2,6H2,(H,16,17). The zero-order chi connectivity index (χ0) is 12.4. The Hall–Kier alpha value is -1.28. The van der Waals surface area contributed by atoms with Gasteiger partial charge in [0.2, 0.25) is 0 Å². The van der Waals surface area contributed by atoms with Crippen molar-refractivity contribution in [3.05, 3.63) is 29.3 Å². The van der Waals surface area contributed by atoms with Crippen LogP contribution < -0.4 is 5.32 Å². The van der Waals surface area contributed by atoms with Gasteiger partial charge in [0.25, 0.3) is 0 Å². The Morgan fingerprint density at radius 3 is 2.65 bits per heavy atom. The van der Waals surface area contributed by atoms with Crippen LogP contribution in [0.5, 0.6) is 0 Å². The number of nitrogens with one attached hydrogen (secondary N) is 1. The van der Waals surface area contributed by atoms with E-state index < -0.39 is 5.97 Å². The molecule has 1 aromatic rings. The fourth-order valence-electron chi connectivity index (χ4n) is 1.59. The average Bonchev–Trinajstić information content (AvgIpc) is 3.09. The molecule has 4 nitrogen and oxygen atoms in total. The third-order valence-electron chi connectivity index (χ3n) is 2.78. The Kier molecular flexibility index (Phi) is 3.53. The van der Waals surface area contributed by atoms with Crippen molar-refractivity contribution < 1.29 is 14.7 Å². The maximum absolute atomic E-state index is 11.4. The second-order valence-electron chi connectivity index (χ2n) is 4.19. The van der Waals surface area contributed by atoms with Gasteiger partial charge in [0.15, 0.2) is 0 Å². The topological polar surface area (TPSA) is 66.4 Å². The summed E-state index contributed by atoms with van der Waals surface area (Å²) in [5.41, 5.74) is 1.33. The Labute approximate surface area is 108 Å². The molecule has 0 amide bonds. The minimum atomic E-state index is -0.982. The molecule has 17 heavy (non-hydrogen) atoms. The monoisotopic (exact) mass is 293 g/mol. The van der Waals surface area contributed by atoms with Crippen molar-refractivity contribution in [2.24, 2.45) is 5.92 Å². The van der Waals surface area contributed by atoms with E-state index in [-0.39, 0.29) is 10.1 Å². The van der Waals surface area contributed by atoms with Crippen LogP contribution in [0, 0.1) is 5.92 Å². The molecule has 2 N–H and O–H groups in total. The summed E-state index contributed by atoms with van der Waals surface area (Å²) in [4.78, 5) is 22.3. The van der Waals surface area contributed by atoms with Gasteiger partial charge in [-0.3, -0.25) is 0 Å². The van der Waals surface area contributed by atoms with E-state index in [2.05, 4.69) is 5.32 Å². The van der Waals surface area contributed by atoms with Gasteiger partial charge < -0.3 is 0 Å². The number of anilines is 1. The van der Waals surface area contributed by atoms with Crippen LogP contribution in [-0.2, 0) is 0 Å². The van der Waals surface area contributed by atoms with Crippen LogP contribution in [0.25, 0.3) is 0 Å². The third kappa shape index (κ3) is 3.10. The van der Waals surface area contributed by atoms with Gasteiger partial charge in [-0.05, 0) is 0 Å². The summed E-state index contributed by atoms with van der Waals surface area (Å²) in [7, 11) is 0. The van der Waals surface area contributed by atoms with Crippen LogP contribution >= 0.6 is 0 Å². The number of carbonyl (C=O) groups excluding carboxylic acids is 1. The average molecular weight is 293 g/mol. The van der Waals surface area contributed by atoms with Gasteiger partial charge in [-0.15, -0.1) is 0 Å². The van der Waals surface area contributed by atoms with E-state index in [1.165, 1.54) is 25.0 Å². The molecule has 1 aliphatic carbocycles. The SMILES string of the molecule is O=C(O)c1ccc(C(=O)[As])c(NCC2CC2)c1. The molecular weight excluding hydrogens is 281 g/mol. The molecule has 1 aromatic carbocycles. The summed E-state index contributed by atoms with van der Waals surface area (Å²) in [6.45, 7) is 0.802. The van der Waals surface area contributed by atoms with E-state index in [4.69, 9.17) is 5.11 Å². The number of hydrogen-bond acceptors (Lipinski definition) is 3. The molecule has 1 saturated carbocycles. The van der Waals surface area contributed by atoms with E-state index in [9.17, 15) is 9.59 Å². The van der Waals surface area contributed by atoms with E-state index in [1.807, 2.05) is 16.9 Å². The number of hydrogen-bond donors (Lipinski definition) is 2.